The first-order valence-electron chi connectivity index (χ1n) is 6.28. The molecule has 0 radical (unpaired) electrons. The van der Waals surface area contributed by atoms with Gasteiger partial charge < -0.3 is 5.32 Å². The number of carbonyl (C=O) groups excluding carboxylic acids is 1. The lowest BCUT2D eigenvalue weighted by Crippen LogP contribution is -2.17. The van der Waals surface area contributed by atoms with Crippen molar-refractivity contribution in [1.82, 2.24) is 5.32 Å². The minimum Gasteiger partial charge on any atom is -0.359 e. The number of carbonyl (C=O) groups is 1. The maximum Gasteiger partial charge on any atom is 0.219 e. The summed E-state index contributed by atoms with van der Waals surface area (Å²) >= 11 is 3.40. The van der Waals surface area contributed by atoms with Crippen LogP contribution in [0.3, 0.4) is 0 Å². The third-order valence-electron chi connectivity index (χ3n) is 2.71. The zero-order valence-electron chi connectivity index (χ0n) is 10.8. The Bertz CT molecular complexity index is 384. The summed E-state index contributed by atoms with van der Waals surface area (Å²) in [6, 6.07) is 8.52. The number of aryl methyl sites for hydroxylation is 1. The van der Waals surface area contributed by atoms with E-state index in [0.717, 1.165) is 24.6 Å². The fourth-order valence-corrected chi connectivity index (χ4v) is 1.92. The zero-order valence-corrected chi connectivity index (χ0v) is 12.4. The molecule has 1 rings (SSSR count). The Hall–Kier alpha value is -1.09. The van der Waals surface area contributed by atoms with E-state index in [1.165, 1.54) is 11.1 Å². The van der Waals surface area contributed by atoms with Gasteiger partial charge in [-0.25, -0.2) is 0 Å². The first kappa shape index (κ1) is 15.0. The summed E-state index contributed by atoms with van der Waals surface area (Å²) in [5.41, 5.74) is 2.52. The van der Waals surface area contributed by atoms with Gasteiger partial charge in [-0.2, -0.15) is 0 Å². The van der Waals surface area contributed by atoms with Gasteiger partial charge in [-0.15, -0.1) is 0 Å². The average Bonchev–Trinajstić information content (AvgIpc) is 2.40. The molecule has 98 valence electrons. The molecule has 3 heteroatoms. The molecule has 0 saturated carbocycles. The number of nitrogens with one attached hydrogen (secondary N) is 1. The van der Waals surface area contributed by atoms with E-state index in [4.69, 9.17) is 0 Å². The molecule has 0 heterocycles. The van der Waals surface area contributed by atoms with Crippen LogP contribution in [-0.4, -0.2) is 18.3 Å². The summed E-state index contributed by atoms with van der Waals surface area (Å²) < 4.78 is 0. The van der Waals surface area contributed by atoms with Gasteiger partial charge in [-0.05, 0) is 30.4 Å². The summed E-state index contributed by atoms with van der Waals surface area (Å²) in [5, 5.41) is 3.64. The van der Waals surface area contributed by atoms with E-state index in [9.17, 15) is 4.79 Å². The summed E-state index contributed by atoms with van der Waals surface area (Å²) in [6.07, 6.45) is 7.81. The summed E-state index contributed by atoms with van der Waals surface area (Å²) in [6.45, 7) is 0. The van der Waals surface area contributed by atoms with Crippen molar-refractivity contribution in [3.63, 3.8) is 0 Å². The number of hydrogen-bond donors (Lipinski definition) is 1. The van der Waals surface area contributed by atoms with Crippen LogP contribution < -0.4 is 5.32 Å². The quantitative estimate of drug-likeness (QED) is 0.767. The molecule has 1 N–H and O–H groups in total. The number of benzene rings is 1. The predicted octanol–water partition coefficient (Wildman–Crippen LogP) is 3.55. The number of rotatable bonds is 7. The van der Waals surface area contributed by atoms with Crippen LogP contribution in [0.5, 0.6) is 0 Å². The summed E-state index contributed by atoms with van der Waals surface area (Å²) in [7, 11) is 1.68. The average molecular weight is 310 g/mol. The Morgan fingerprint density at radius 3 is 2.67 bits per heavy atom. The second kappa shape index (κ2) is 8.92. The van der Waals surface area contributed by atoms with Crippen molar-refractivity contribution in [1.29, 1.82) is 0 Å². The molecule has 1 aromatic rings. The lowest BCUT2D eigenvalue weighted by Gasteiger charge is -2.02. The van der Waals surface area contributed by atoms with Gasteiger partial charge >= 0.3 is 0 Å². The van der Waals surface area contributed by atoms with E-state index < -0.39 is 0 Å². The third kappa shape index (κ3) is 6.01. The highest BCUT2D eigenvalue weighted by Crippen LogP contribution is 2.09. The molecule has 0 atom stereocenters. The molecular formula is C15H20BrNO. The molecule has 0 saturated heterocycles. The van der Waals surface area contributed by atoms with Crippen LogP contribution in [0.1, 0.15) is 30.4 Å². The first-order valence-corrected chi connectivity index (χ1v) is 7.40. The molecule has 0 aromatic heterocycles. The standard InChI is InChI=1S/C15H20BrNO/c1-17-15(18)7-4-6-14-10-8-13(9-11-14)5-2-3-12-16/h2,5,8-11H,3-4,6-7,12H2,1H3,(H,17,18). The van der Waals surface area contributed by atoms with E-state index in [-0.39, 0.29) is 5.91 Å². The van der Waals surface area contributed by atoms with Gasteiger partial charge in [-0.1, -0.05) is 52.3 Å². The normalized spacial score (nSPS) is 10.8. The van der Waals surface area contributed by atoms with Crippen LogP contribution in [-0.2, 0) is 11.2 Å². The Morgan fingerprint density at radius 1 is 1.33 bits per heavy atom. The lowest BCUT2D eigenvalue weighted by molar-refractivity contribution is -0.120. The van der Waals surface area contributed by atoms with Gasteiger partial charge in [0.25, 0.3) is 0 Å². The Morgan fingerprint density at radius 2 is 2.06 bits per heavy atom. The van der Waals surface area contributed by atoms with Crippen LogP contribution in [0, 0.1) is 0 Å². The smallest absolute Gasteiger partial charge is 0.219 e. The molecule has 0 aliphatic heterocycles. The van der Waals surface area contributed by atoms with Crippen molar-refractivity contribution >= 4 is 27.9 Å². The molecule has 0 unspecified atom stereocenters. The zero-order chi connectivity index (χ0) is 13.2. The van der Waals surface area contributed by atoms with Crippen molar-refractivity contribution in [3.05, 3.63) is 41.5 Å². The molecule has 1 amide bonds. The second-order valence-corrected chi connectivity index (χ2v) is 4.94. The number of allylic oxidation sites excluding steroid dienone is 1. The molecule has 0 bridgehead atoms. The van der Waals surface area contributed by atoms with E-state index in [2.05, 4.69) is 57.7 Å². The van der Waals surface area contributed by atoms with Crippen LogP contribution in [0.15, 0.2) is 30.3 Å². The number of amides is 1. The first-order chi connectivity index (χ1) is 8.76. The van der Waals surface area contributed by atoms with Gasteiger partial charge in [0.05, 0.1) is 0 Å². The number of alkyl halides is 1. The molecule has 18 heavy (non-hydrogen) atoms. The van der Waals surface area contributed by atoms with E-state index >= 15 is 0 Å². The molecular weight excluding hydrogens is 290 g/mol. The highest BCUT2D eigenvalue weighted by Gasteiger charge is 1.98. The van der Waals surface area contributed by atoms with Crippen LogP contribution in [0.4, 0.5) is 0 Å². The third-order valence-corrected chi connectivity index (χ3v) is 3.17. The highest BCUT2D eigenvalue weighted by atomic mass is 79.9. The molecule has 0 aliphatic carbocycles. The van der Waals surface area contributed by atoms with Gasteiger partial charge in [0, 0.05) is 18.8 Å². The minimum atomic E-state index is 0.115. The fourth-order valence-electron chi connectivity index (χ4n) is 1.66. The van der Waals surface area contributed by atoms with Gasteiger partial charge in [0.2, 0.25) is 5.91 Å². The SMILES string of the molecule is CNC(=O)CCCc1ccc(C=CCCBr)cc1. The van der Waals surface area contributed by atoms with E-state index in [0.29, 0.717) is 6.42 Å². The Kier molecular flexibility index (Phi) is 7.42. The molecule has 1 aromatic carbocycles. The van der Waals surface area contributed by atoms with Crippen LogP contribution >= 0.6 is 15.9 Å². The highest BCUT2D eigenvalue weighted by molar-refractivity contribution is 9.09. The predicted molar refractivity (Wildman–Crippen MR) is 80.9 cm³/mol. The molecule has 2 nitrogen and oxygen atoms in total. The van der Waals surface area contributed by atoms with Gasteiger partial charge in [-0.3, -0.25) is 4.79 Å². The van der Waals surface area contributed by atoms with Crippen molar-refractivity contribution in [3.8, 4) is 0 Å². The van der Waals surface area contributed by atoms with Crippen molar-refractivity contribution < 1.29 is 4.79 Å². The van der Waals surface area contributed by atoms with E-state index in [1.807, 2.05) is 0 Å². The van der Waals surface area contributed by atoms with Gasteiger partial charge in [0.1, 0.15) is 0 Å². The van der Waals surface area contributed by atoms with Crippen LogP contribution in [0.25, 0.3) is 6.08 Å². The Labute approximate surface area is 118 Å². The maximum absolute atomic E-state index is 11.1. The van der Waals surface area contributed by atoms with Crippen molar-refractivity contribution in [2.24, 2.45) is 0 Å². The fraction of sp³-hybridized carbons (Fsp3) is 0.400. The van der Waals surface area contributed by atoms with Gasteiger partial charge in [0.15, 0.2) is 0 Å². The minimum absolute atomic E-state index is 0.115. The summed E-state index contributed by atoms with van der Waals surface area (Å²) in [4.78, 5) is 11.1. The van der Waals surface area contributed by atoms with Crippen LogP contribution in [0.2, 0.25) is 0 Å². The monoisotopic (exact) mass is 309 g/mol. The number of hydrogen-bond acceptors (Lipinski definition) is 1. The molecule has 0 spiro atoms. The Balaban J connectivity index is 2.38. The molecule has 0 aliphatic rings. The van der Waals surface area contributed by atoms with Crippen molar-refractivity contribution in [2.75, 3.05) is 12.4 Å². The topological polar surface area (TPSA) is 29.1 Å². The van der Waals surface area contributed by atoms with E-state index in [1.54, 1.807) is 7.05 Å². The number of halogens is 1. The largest absolute Gasteiger partial charge is 0.359 e. The second-order valence-electron chi connectivity index (χ2n) is 4.15. The van der Waals surface area contributed by atoms with Crippen molar-refractivity contribution in [2.45, 2.75) is 25.7 Å². The lowest BCUT2D eigenvalue weighted by atomic mass is 10.1. The maximum atomic E-state index is 11.1. The molecule has 0 fully saturated rings. The summed E-state index contributed by atoms with van der Waals surface area (Å²) in [5.74, 6) is 0.115.